The fraction of sp³-hybridized carbons (Fsp3) is 0.500. The lowest BCUT2D eigenvalue weighted by atomic mass is 10.1. The lowest BCUT2D eigenvalue weighted by Gasteiger charge is -2.16. The van der Waals surface area contributed by atoms with Gasteiger partial charge in [-0.3, -0.25) is 4.79 Å². The minimum absolute atomic E-state index is 0.392. The largest absolute Gasteiger partial charge is 0.481 e. The minimum Gasteiger partial charge on any atom is -0.481 e. The highest BCUT2D eigenvalue weighted by Gasteiger charge is 2.19. The molecule has 0 aromatic carbocycles. The molecule has 0 amide bonds. The molecule has 1 atom stereocenters. The minimum atomic E-state index is -0.905. The van der Waals surface area contributed by atoms with E-state index in [0.717, 1.165) is 0 Å². The fourth-order valence-electron chi connectivity index (χ4n) is 1.38. The number of rotatable bonds is 6. The summed E-state index contributed by atoms with van der Waals surface area (Å²) in [6.45, 7) is 4.69. The van der Waals surface area contributed by atoms with Crippen molar-refractivity contribution < 1.29 is 14.6 Å². The molecule has 1 unspecified atom stereocenters. The van der Waals surface area contributed by atoms with Gasteiger partial charge in [0.2, 0.25) is 5.88 Å². The van der Waals surface area contributed by atoms with Crippen LogP contribution in [0.25, 0.3) is 0 Å². The molecule has 0 saturated heterocycles. The molecule has 0 aliphatic heterocycles. The lowest BCUT2D eigenvalue weighted by Crippen LogP contribution is -2.31. The predicted octanol–water partition coefficient (Wildman–Crippen LogP) is 1.46. The Morgan fingerprint density at radius 2 is 2.24 bits per heavy atom. The molecule has 0 fully saturated rings. The molecule has 0 saturated carbocycles. The van der Waals surface area contributed by atoms with Crippen molar-refractivity contribution in [1.29, 1.82) is 0 Å². The molecule has 2 N–H and O–H groups in total. The summed E-state index contributed by atoms with van der Waals surface area (Å²) in [6.07, 6.45) is 1.52. The van der Waals surface area contributed by atoms with Gasteiger partial charge in [-0.15, -0.1) is 0 Å². The highest BCUT2D eigenvalue weighted by Crippen LogP contribution is 2.15. The van der Waals surface area contributed by atoms with Crippen LogP contribution in [0.5, 0.6) is 5.88 Å². The van der Waals surface area contributed by atoms with Crippen LogP contribution in [0.3, 0.4) is 0 Å². The first-order chi connectivity index (χ1) is 8.04. The number of ether oxygens (including phenoxy) is 1. The third kappa shape index (κ3) is 4.03. The topological polar surface area (TPSA) is 71.5 Å². The number of carboxylic acid groups (broad SMARTS) is 1. The zero-order valence-electron chi connectivity index (χ0n) is 10.3. The van der Waals surface area contributed by atoms with Gasteiger partial charge in [-0.2, -0.15) is 0 Å². The zero-order valence-corrected chi connectivity index (χ0v) is 10.3. The van der Waals surface area contributed by atoms with Crippen molar-refractivity contribution in [1.82, 2.24) is 10.3 Å². The molecule has 5 heteroatoms. The Morgan fingerprint density at radius 1 is 1.53 bits per heavy atom. The number of aliphatic carboxylic acids is 1. The molecule has 1 rings (SSSR count). The van der Waals surface area contributed by atoms with E-state index in [9.17, 15) is 4.79 Å². The third-order valence-electron chi connectivity index (χ3n) is 2.28. The number of nitrogens with one attached hydrogen (secondary N) is 1. The van der Waals surface area contributed by atoms with E-state index >= 15 is 0 Å². The summed E-state index contributed by atoms with van der Waals surface area (Å²) in [5, 5.41) is 12.1. The maximum Gasteiger partial charge on any atom is 0.325 e. The fourth-order valence-corrected chi connectivity index (χ4v) is 1.38. The average Bonchev–Trinajstić information content (AvgIpc) is 2.29. The van der Waals surface area contributed by atoms with Crippen molar-refractivity contribution in [3.63, 3.8) is 0 Å². The second-order valence-corrected chi connectivity index (χ2v) is 4.21. The van der Waals surface area contributed by atoms with Crippen molar-refractivity contribution in [2.45, 2.75) is 19.9 Å². The van der Waals surface area contributed by atoms with Gasteiger partial charge in [-0.05, 0) is 24.1 Å². The zero-order chi connectivity index (χ0) is 12.8. The van der Waals surface area contributed by atoms with Gasteiger partial charge in [0.05, 0.1) is 7.11 Å². The molecular formula is C12H18N2O3. The highest BCUT2D eigenvalue weighted by molar-refractivity contribution is 5.75. The summed E-state index contributed by atoms with van der Waals surface area (Å²) >= 11 is 0. The van der Waals surface area contributed by atoms with E-state index in [1.807, 2.05) is 13.8 Å². The number of hydrogen-bond acceptors (Lipinski definition) is 4. The summed E-state index contributed by atoms with van der Waals surface area (Å²) in [4.78, 5) is 15.1. The van der Waals surface area contributed by atoms with Crippen molar-refractivity contribution in [2.75, 3.05) is 13.7 Å². The molecular weight excluding hydrogens is 220 g/mol. The van der Waals surface area contributed by atoms with Gasteiger partial charge in [-0.25, -0.2) is 4.98 Å². The molecule has 0 radical (unpaired) electrons. The van der Waals surface area contributed by atoms with Crippen molar-refractivity contribution in [2.24, 2.45) is 5.92 Å². The van der Waals surface area contributed by atoms with Gasteiger partial charge in [0.1, 0.15) is 6.04 Å². The summed E-state index contributed by atoms with van der Waals surface area (Å²) in [5.41, 5.74) is 0.624. The molecule has 1 aromatic rings. The first kappa shape index (κ1) is 13.4. The maximum atomic E-state index is 11.1. The average molecular weight is 238 g/mol. The Morgan fingerprint density at radius 3 is 2.65 bits per heavy atom. The molecule has 0 aliphatic carbocycles. The number of aromatic nitrogens is 1. The van der Waals surface area contributed by atoms with Crippen LogP contribution in [0.4, 0.5) is 0 Å². The normalized spacial score (nSPS) is 12.5. The van der Waals surface area contributed by atoms with Gasteiger partial charge >= 0.3 is 5.97 Å². The van der Waals surface area contributed by atoms with Crippen molar-refractivity contribution >= 4 is 5.97 Å². The third-order valence-corrected chi connectivity index (χ3v) is 2.28. The van der Waals surface area contributed by atoms with Gasteiger partial charge in [0.25, 0.3) is 0 Å². The molecule has 94 valence electrons. The van der Waals surface area contributed by atoms with Crippen LogP contribution in [0.1, 0.15) is 25.5 Å². The number of carboxylic acids is 1. The van der Waals surface area contributed by atoms with E-state index in [1.54, 1.807) is 12.1 Å². The monoisotopic (exact) mass is 238 g/mol. The van der Waals surface area contributed by atoms with Crippen LogP contribution in [0.15, 0.2) is 18.3 Å². The van der Waals surface area contributed by atoms with E-state index in [4.69, 9.17) is 9.84 Å². The predicted molar refractivity (Wildman–Crippen MR) is 64.0 cm³/mol. The maximum absolute atomic E-state index is 11.1. The lowest BCUT2D eigenvalue weighted by molar-refractivity contribution is -0.139. The number of carbonyl (C=O) groups is 1. The summed E-state index contributed by atoms with van der Waals surface area (Å²) in [6, 6.07) is 2.64. The number of nitrogens with zero attached hydrogens (tertiary/aromatic N) is 1. The summed E-state index contributed by atoms with van der Waals surface area (Å²) < 4.78 is 4.93. The Bertz CT molecular complexity index is 363. The SMILES string of the molecule is COc1ccc(C(NCC(C)C)C(=O)O)cn1. The molecule has 17 heavy (non-hydrogen) atoms. The van der Waals surface area contributed by atoms with Crippen LogP contribution in [0.2, 0.25) is 0 Å². The van der Waals surface area contributed by atoms with Gasteiger partial charge in [0.15, 0.2) is 0 Å². The van der Waals surface area contributed by atoms with Crippen LogP contribution >= 0.6 is 0 Å². The Balaban J connectivity index is 2.78. The van der Waals surface area contributed by atoms with Crippen LogP contribution in [-0.4, -0.2) is 29.7 Å². The quantitative estimate of drug-likeness (QED) is 0.785. The number of methoxy groups -OCH3 is 1. The number of hydrogen-bond donors (Lipinski definition) is 2. The molecule has 0 spiro atoms. The van der Waals surface area contributed by atoms with E-state index in [2.05, 4.69) is 10.3 Å². The van der Waals surface area contributed by atoms with E-state index < -0.39 is 12.0 Å². The Labute approximate surface area is 101 Å². The van der Waals surface area contributed by atoms with Crippen molar-refractivity contribution in [3.8, 4) is 5.88 Å². The standard InChI is InChI=1S/C12H18N2O3/c1-8(2)6-14-11(12(15)16)9-4-5-10(17-3)13-7-9/h4-5,7-8,11,14H,6H2,1-3H3,(H,15,16). The van der Waals surface area contributed by atoms with Crippen molar-refractivity contribution in [3.05, 3.63) is 23.9 Å². The Hall–Kier alpha value is -1.62. The van der Waals surface area contributed by atoms with Crippen LogP contribution in [0, 0.1) is 5.92 Å². The highest BCUT2D eigenvalue weighted by atomic mass is 16.5. The second kappa shape index (κ2) is 6.20. The summed E-state index contributed by atoms with van der Waals surface area (Å²) in [5.74, 6) is -0.0394. The van der Waals surface area contributed by atoms with Crippen LogP contribution in [-0.2, 0) is 4.79 Å². The van der Waals surface area contributed by atoms with E-state index in [1.165, 1.54) is 13.3 Å². The smallest absolute Gasteiger partial charge is 0.325 e. The first-order valence-corrected chi connectivity index (χ1v) is 5.50. The molecule has 1 heterocycles. The van der Waals surface area contributed by atoms with Gasteiger partial charge in [0, 0.05) is 12.3 Å². The van der Waals surface area contributed by atoms with E-state index in [0.29, 0.717) is 23.9 Å². The summed E-state index contributed by atoms with van der Waals surface area (Å²) in [7, 11) is 1.52. The Kier molecular flexibility index (Phi) is 4.90. The van der Waals surface area contributed by atoms with Crippen LogP contribution < -0.4 is 10.1 Å². The second-order valence-electron chi connectivity index (χ2n) is 4.21. The first-order valence-electron chi connectivity index (χ1n) is 5.50. The molecule has 0 bridgehead atoms. The molecule has 0 aliphatic rings. The number of pyridine rings is 1. The molecule has 1 aromatic heterocycles. The molecule has 5 nitrogen and oxygen atoms in total. The van der Waals surface area contributed by atoms with Gasteiger partial charge < -0.3 is 15.2 Å². The van der Waals surface area contributed by atoms with E-state index in [-0.39, 0.29) is 0 Å². The van der Waals surface area contributed by atoms with Gasteiger partial charge in [-0.1, -0.05) is 13.8 Å².